The minimum Gasteiger partial charge on any atom is -0.342 e. The van der Waals surface area contributed by atoms with Crippen molar-refractivity contribution in [2.24, 2.45) is 0 Å². The summed E-state index contributed by atoms with van der Waals surface area (Å²) in [6.07, 6.45) is 3.31. The van der Waals surface area contributed by atoms with Crippen molar-refractivity contribution < 1.29 is 9.59 Å². The highest BCUT2D eigenvalue weighted by atomic mass is 35.5. The van der Waals surface area contributed by atoms with E-state index in [2.05, 4.69) is 5.32 Å². The highest BCUT2D eigenvalue weighted by molar-refractivity contribution is 7.16. The molecule has 0 spiro atoms. The molecule has 3 rings (SSSR count). The number of halogens is 1. The van der Waals surface area contributed by atoms with Gasteiger partial charge in [0.1, 0.15) is 0 Å². The van der Waals surface area contributed by atoms with Crippen LogP contribution in [0.4, 0.5) is 5.69 Å². The number of rotatable bonds is 6. The first-order valence-corrected chi connectivity index (χ1v) is 10.3. The van der Waals surface area contributed by atoms with Crippen LogP contribution in [-0.2, 0) is 16.1 Å². The Labute approximate surface area is 179 Å². The summed E-state index contributed by atoms with van der Waals surface area (Å²) in [5.41, 5.74) is 2.67. The zero-order chi connectivity index (χ0) is 20.8. The standard InChI is InChI=1S/C23H21ClN2O2S/c1-16(27)26(2)15-18-5-3-4-6-21(18)25-23(28)14-12-20-11-13-22(29-20)17-7-9-19(24)10-8-17/h3-14H,15H2,1-2H3,(H,25,28)/b14-12+. The highest BCUT2D eigenvalue weighted by Crippen LogP contribution is 2.29. The Morgan fingerprint density at radius 2 is 1.79 bits per heavy atom. The lowest BCUT2D eigenvalue weighted by Gasteiger charge is -2.17. The van der Waals surface area contributed by atoms with Crippen LogP contribution in [0.2, 0.25) is 5.02 Å². The molecule has 0 bridgehead atoms. The number of benzene rings is 2. The largest absolute Gasteiger partial charge is 0.342 e. The lowest BCUT2D eigenvalue weighted by molar-refractivity contribution is -0.128. The normalized spacial score (nSPS) is 10.9. The molecule has 3 aromatic rings. The summed E-state index contributed by atoms with van der Waals surface area (Å²) in [4.78, 5) is 27.6. The van der Waals surface area contributed by atoms with Crippen LogP contribution in [0, 0.1) is 0 Å². The van der Waals surface area contributed by atoms with Gasteiger partial charge >= 0.3 is 0 Å². The molecule has 2 aromatic carbocycles. The Hall–Kier alpha value is -2.89. The van der Waals surface area contributed by atoms with Crippen molar-refractivity contribution in [3.63, 3.8) is 0 Å². The smallest absolute Gasteiger partial charge is 0.248 e. The number of carbonyl (C=O) groups is 2. The second kappa shape index (κ2) is 9.54. The van der Waals surface area contributed by atoms with Gasteiger partial charge in [0, 0.05) is 47.1 Å². The third kappa shape index (κ3) is 5.79. The summed E-state index contributed by atoms with van der Waals surface area (Å²) in [5, 5.41) is 3.60. The van der Waals surface area contributed by atoms with Crippen LogP contribution in [0.1, 0.15) is 17.4 Å². The molecule has 6 heteroatoms. The van der Waals surface area contributed by atoms with E-state index >= 15 is 0 Å². The molecule has 0 aliphatic rings. The highest BCUT2D eigenvalue weighted by Gasteiger charge is 2.09. The Kier molecular flexibility index (Phi) is 6.86. The second-order valence-corrected chi connectivity index (χ2v) is 8.12. The fraction of sp³-hybridized carbons (Fsp3) is 0.130. The maximum atomic E-state index is 12.4. The van der Waals surface area contributed by atoms with Crippen molar-refractivity contribution in [1.82, 2.24) is 4.90 Å². The topological polar surface area (TPSA) is 49.4 Å². The molecular formula is C23H21ClN2O2S. The molecule has 1 aromatic heterocycles. The molecule has 0 unspecified atom stereocenters. The van der Waals surface area contributed by atoms with Crippen molar-refractivity contribution in [3.8, 4) is 10.4 Å². The molecule has 0 saturated heterocycles. The Morgan fingerprint density at radius 1 is 1.07 bits per heavy atom. The van der Waals surface area contributed by atoms with Gasteiger partial charge in [0.25, 0.3) is 0 Å². The molecule has 2 amide bonds. The number of hydrogen-bond donors (Lipinski definition) is 1. The van der Waals surface area contributed by atoms with E-state index in [0.29, 0.717) is 17.3 Å². The van der Waals surface area contributed by atoms with E-state index in [4.69, 9.17) is 11.6 Å². The van der Waals surface area contributed by atoms with Gasteiger partial charge < -0.3 is 10.2 Å². The molecule has 0 aliphatic heterocycles. The molecule has 0 fully saturated rings. The quantitative estimate of drug-likeness (QED) is 0.516. The monoisotopic (exact) mass is 424 g/mol. The number of carbonyl (C=O) groups excluding carboxylic acids is 2. The van der Waals surface area contributed by atoms with Crippen LogP contribution in [0.15, 0.2) is 66.7 Å². The first-order chi connectivity index (χ1) is 13.9. The van der Waals surface area contributed by atoms with Crippen LogP contribution < -0.4 is 5.32 Å². The van der Waals surface area contributed by atoms with E-state index in [1.807, 2.05) is 60.7 Å². The summed E-state index contributed by atoms with van der Waals surface area (Å²) in [6, 6.07) is 19.2. The van der Waals surface area contributed by atoms with Gasteiger partial charge in [-0.3, -0.25) is 9.59 Å². The van der Waals surface area contributed by atoms with Gasteiger partial charge in [-0.25, -0.2) is 0 Å². The zero-order valence-corrected chi connectivity index (χ0v) is 17.8. The molecule has 0 atom stereocenters. The van der Waals surface area contributed by atoms with Crippen LogP contribution >= 0.6 is 22.9 Å². The van der Waals surface area contributed by atoms with Gasteiger partial charge in [0.05, 0.1) is 0 Å². The van der Waals surface area contributed by atoms with E-state index in [0.717, 1.165) is 20.9 Å². The SMILES string of the molecule is CC(=O)N(C)Cc1ccccc1NC(=O)/C=C/c1ccc(-c2ccc(Cl)cc2)s1. The first kappa shape index (κ1) is 20.8. The van der Waals surface area contributed by atoms with E-state index in [-0.39, 0.29) is 11.8 Å². The predicted molar refractivity (Wildman–Crippen MR) is 121 cm³/mol. The van der Waals surface area contributed by atoms with Crippen LogP contribution in [0.3, 0.4) is 0 Å². The van der Waals surface area contributed by atoms with Gasteiger partial charge in [-0.05, 0) is 47.5 Å². The number of nitrogens with one attached hydrogen (secondary N) is 1. The lowest BCUT2D eigenvalue weighted by Crippen LogP contribution is -2.24. The van der Waals surface area contributed by atoms with Gasteiger partial charge in [-0.2, -0.15) is 0 Å². The summed E-state index contributed by atoms with van der Waals surface area (Å²) >= 11 is 7.54. The number of amides is 2. The Balaban J connectivity index is 1.66. The van der Waals surface area contributed by atoms with Gasteiger partial charge in [0.15, 0.2) is 0 Å². The minimum absolute atomic E-state index is 0.0276. The average Bonchev–Trinajstić information content (AvgIpc) is 3.17. The van der Waals surface area contributed by atoms with Crippen molar-refractivity contribution in [3.05, 3.63) is 82.2 Å². The van der Waals surface area contributed by atoms with E-state index < -0.39 is 0 Å². The molecular weight excluding hydrogens is 404 g/mol. The minimum atomic E-state index is -0.218. The molecule has 148 valence electrons. The third-order valence-corrected chi connectivity index (χ3v) is 5.73. The fourth-order valence-corrected chi connectivity index (χ4v) is 3.73. The zero-order valence-electron chi connectivity index (χ0n) is 16.2. The van der Waals surface area contributed by atoms with E-state index in [1.165, 1.54) is 13.0 Å². The Morgan fingerprint density at radius 3 is 2.52 bits per heavy atom. The average molecular weight is 425 g/mol. The summed E-state index contributed by atoms with van der Waals surface area (Å²) in [5.74, 6) is -0.246. The van der Waals surface area contributed by atoms with Crippen LogP contribution in [-0.4, -0.2) is 23.8 Å². The van der Waals surface area contributed by atoms with Crippen LogP contribution in [0.25, 0.3) is 16.5 Å². The van der Waals surface area contributed by atoms with E-state index in [9.17, 15) is 9.59 Å². The number of thiophene rings is 1. The summed E-state index contributed by atoms with van der Waals surface area (Å²) < 4.78 is 0. The molecule has 1 N–H and O–H groups in total. The van der Waals surface area contributed by atoms with E-state index in [1.54, 1.807) is 29.4 Å². The van der Waals surface area contributed by atoms with Gasteiger partial charge in [0.2, 0.25) is 11.8 Å². The van der Waals surface area contributed by atoms with Crippen molar-refractivity contribution in [2.75, 3.05) is 12.4 Å². The fourth-order valence-electron chi connectivity index (χ4n) is 2.69. The maximum absolute atomic E-state index is 12.4. The first-order valence-electron chi connectivity index (χ1n) is 9.07. The van der Waals surface area contributed by atoms with Gasteiger partial charge in [-0.1, -0.05) is 41.9 Å². The second-order valence-electron chi connectivity index (χ2n) is 6.56. The Bertz CT molecular complexity index is 1040. The third-order valence-electron chi connectivity index (χ3n) is 4.37. The molecule has 0 saturated carbocycles. The number of nitrogens with zero attached hydrogens (tertiary/aromatic N) is 1. The molecule has 1 heterocycles. The molecule has 4 nitrogen and oxygen atoms in total. The van der Waals surface area contributed by atoms with Crippen molar-refractivity contribution >= 4 is 46.5 Å². The summed E-state index contributed by atoms with van der Waals surface area (Å²) in [7, 11) is 1.73. The lowest BCUT2D eigenvalue weighted by atomic mass is 10.1. The molecule has 0 radical (unpaired) electrons. The molecule has 0 aliphatic carbocycles. The van der Waals surface area contributed by atoms with Crippen LogP contribution in [0.5, 0.6) is 0 Å². The summed E-state index contributed by atoms with van der Waals surface area (Å²) in [6.45, 7) is 1.95. The van der Waals surface area contributed by atoms with Crippen molar-refractivity contribution in [1.29, 1.82) is 0 Å². The van der Waals surface area contributed by atoms with Crippen molar-refractivity contribution in [2.45, 2.75) is 13.5 Å². The number of anilines is 1. The number of para-hydroxylation sites is 1. The number of hydrogen-bond acceptors (Lipinski definition) is 3. The predicted octanol–water partition coefficient (Wildman–Crippen LogP) is 5.70. The van der Waals surface area contributed by atoms with Gasteiger partial charge in [-0.15, -0.1) is 11.3 Å². The molecule has 29 heavy (non-hydrogen) atoms. The maximum Gasteiger partial charge on any atom is 0.248 e.